The number of rotatable bonds is 4. The molecule has 4 amide bonds. The molecule has 46 heavy (non-hydrogen) atoms. The van der Waals surface area contributed by atoms with Crippen molar-refractivity contribution in [1.82, 2.24) is 29.7 Å². The van der Waals surface area contributed by atoms with Crippen LogP contribution in [0.1, 0.15) is 76.2 Å². The Kier molecular flexibility index (Phi) is 8.50. The molecular formula is C34H38N6O6. The zero-order chi connectivity index (χ0) is 33.6. The van der Waals surface area contributed by atoms with E-state index in [0.717, 1.165) is 11.1 Å². The van der Waals surface area contributed by atoms with Gasteiger partial charge in [0, 0.05) is 12.8 Å². The summed E-state index contributed by atoms with van der Waals surface area (Å²) in [6, 6.07) is 11.2. The number of carbonyl (C=O) groups is 4. The molecule has 2 aromatic carbocycles. The van der Waals surface area contributed by atoms with Crippen molar-refractivity contribution in [3.63, 3.8) is 0 Å². The minimum atomic E-state index is -1.10. The van der Waals surface area contributed by atoms with Gasteiger partial charge in [0.15, 0.2) is 0 Å². The molecule has 0 radical (unpaired) electrons. The molecule has 2 N–H and O–H groups in total. The second-order valence-electron chi connectivity index (χ2n) is 12.2. The molecule has 2 aromatic heterocycles. The number of piperidine rings is 2. The van der Waals surface area contributed by atoms with Crippen LogP contribution >= 0.6 is 0 Å². The van der Waals surface area contributed by atoms with Gasteiger partial charge < -0.3 is 0 Å². The third kappa shape index (κ3) is 5.31. The summed E-state index contributed by atoms with van der Waals surface area (Å²) in [7, 11) is 0. The maximum absolute atomic E-state index is 13.1. The van der Waals surface area contributed by atoms with Crippen LogP contribution in [-0.2, 0) is 43.1 Å². The van der Waals surface area contributed by atoms with Crippen molar-refractivity contribution in [2.45, 2.75) is 91.1 Å². The second kappa shape index (κ2) is 12.1. The standard InChI is InChI=1S/2C17H19N3O3/c2*1-4-11-6-5-7-12-14(11)15(22)20(10(2)18-12)17(3)9-8-13(21)19-16(17)23/h2*5-7H,4,8-9H2,1-3H3,(H,19,21,23)/t2*17-/m10/s1. The van der Waals surface area contributed by atoms with Crippen LogP contribution in [-0.4, -0.2) is 42.7 Å². The monoisotopic (exact) mass is 626 g/mol. The molecule has 0 bridgehead atoms. The second-order valence-corrected chi connectivity index (χ2v) is 12.2. The van der Waals surface area contributed by atoms with E-state index in [4.69, 9.17) is 0 Å². The first kappa shape index (κ1) is 32.4. The Hall–Kier alpha value is -5.00. The fourth-order valence-electron chi connectivity index (χ4n) is 6.59. The smallest absolute Gasteiger partial charge is 0.262 e. The van der Waals surface area contributed by atoms with Gasteiger partial charge >= 0.3 is 0 Å². The van der Waals surface area contributed by atoms with Gasteiger partial charge in [-0.25, -0.2) is 9.97 Å². The normalized spacial score (nSPS) is 21.5. The molecule has 2 fully saturated rings. The Bertz CT molecular complexity index is 1920. The molecule has 4 heterocycles. The van der Waals surface area contributed by atoms with Crippen molar-refractivity contribution < 1.29 is 19.2 Å². The van der Waals surface area contributed by atoms with Gasteiger partial charge in [-0.3, -0.25) is 48.5 Å². The summed E-state index contributed by atoms with van der Waals surface area (Å²) in [5, 5.41) is 5.76. The third-order valence-corrected chi connectivity index (χ3v) is 9.21. The van der Waals surface area contributed by atoms with Gasteiger partial charge in [-0.05, 0) is 76.6 Å². The van der Waals surface area contributed by atoms with E-state index < -0.39 is 22.9 Å². The van der Waals surface area contributed by atoms with Gasteiger partial charge in [0.05, 0.1) is 21.8 Å². The lowest BCUT2D eigenvalue weighted by Crippen LogP contribution is -2.56. The van der Waals surface area contributed by atoms with Crippen molar-refractivity contribution >= 4 is 45.4 Å². The number of fused-ring (bicyclic) bond motifs is 2. The summed E-state index contributed by atoms with van der Waals surface area (Å²) in [4.78, 5) is 83.0. The number of aromatic nitrogens is 4. The van der Waals surface area contributed by atoms with Gasteiger partial charge in [0.2, 0.25) is 11.8 Å². The van der Waals surface area contributed by atoms with E-state index in [-0.39, 0.29) is 35.8 Å². The summed E-state index contributed by atoms with van der Waals surface area (Å²) in [5.41, 5.74) is 0.440. The van der Waals surface area contributed by atoms with Gasteiger partial charge in [-0.1, -0.05) is 38.1 Å². The summed E-state index contributed by atoms with van der Waals surface area (Å²) in [6.45, 7) is 10.8. The van der Waals surface area contributed by atoms with Gasteiger partial charge in [0.1, 0.15) is 22.7 Å². The zero-order valence-electron chi connectivity index (χ0n) is 26.9. The number of amides is 4. The van der Waals surface area contributed by atoms with Crippen LogP contribution < -0.4 is 21.8 Å². The Morgan fingerprint density at radius 1 is 0.652 bits per heavy atom. The number of benzene rings is 2. The van der Waals surface area contributed by atoms with Crippen molar-refractivity contribution in [3.8, 4) is 0 Å². The van der Waals surface area contributed by atoms with Crippen molar-refractivity contribution in [1.29, 1.82) is 0 Å². The summed E-state index contributed by atoms with van der Waals surface area (Å²) < 4.78 is 2.88. The molecule has 2 aliphatic heterocycles. The fourth-order valence-corrected chi connectivity index (χ4v) is 6.59. The topological polar surface area (TPSA) is 162 Å². The van der Waals surface area contributed by atoms with Crippen molar-refractivity contribution in [3.05, 3.63) is 79.9 Å². The highest BCUT2D eigenvalue weighted by molar-refractivity contribution is 6.02. The highest BCUT2D eigenvalue weighted by Gasteiger charge is 2.43. The predicted molar refractivity (Wildman–Crippen MR) is 172 cm³/mol. The molecule has 0 unspecified atom stereocenters. The van der Waals surface area contributed by atoms with Crippen LogP contribution in [0.3, 0.4) is 0 Å². The molecule has 240 valence electrons. The first-order valence-corrected chi connectivity index (χ1v) is 15.5. The maximum Gasteiger partial charge on any atom is 0.262 e. The average molecular weight is 627 g/mol. The predicted octanol–water partition coefficient (Wildman–Crippen LogP) is 2.84. The molecule has 6 rings (SSSR count). The van der Waals surface area contributed by atoms with Crippen LogP contribution in [0.15, 0.2) is 46.0 Å². The lowest BCUT2D eigenvalue weighted by molar-refractivity contribution is -0.141. The van der Waals surface area contributed by atoms with Crippen LogP contribution in [0.25, 0.3) is 21.8 Å². The minimum Gasteiger partial charge on any atom is -0.294 e. The summed E-state index contributed by atoms with van der Waals surface area (Å²) >= 11 is 0. The molecule has 0 saturated carbocycles. The highest BCUT2D eigenvalue weighted by Crippen LogP contribution is 2.28. The number of aryl methyl sites for hydroxylation is 4. The molecule has 0 spiro atoms. The first-order chi connectivity index (χ1) is 21.8. The molecule has 4 aromatic rings. The minimum absolute atomic E-state index is 0.210. The fraction of sp³-hybridized carbons (Fsp3) is 0.412. The first-order valence-electron chi connectivity index (χ1n) is 15.5. The molecule has 2 atom stereocenters. The molecule has 12 heteroatoms. The number of carbonyl (C=O) groups excluding carboxylic acids is 4. The van der Waals surface area contributed by atoms with Gasteiger partial charge in [0.25, 0.3) is 22.9 Å². The number of nitrogens with one attached hydrogen (secondary N) is 2. The van der Waals surface area contributed by atoms with Crippen molar-refractivity contribution in [2.24, 2.45) is 0 Å². The molecule has 12 nitrogen and oxygen atoms in total. The molecule has 0 aliphatic carbocycles. The maximum atomic E-state index is 13.1. The average Bonchev–Trinajstić information content (AvgIpc) is 3.01. The van der Waals surface area contributed by atoms with E-state index in [2.05, 4.69) is 20.6 Å². The largest absolute Gasteiger partial charge is 0.294 e. The number of nitrogens with zero attached hydrogens (tertiary/aromatic N) is 4. The van der Waals surface area contributed by atoms with E-state index in [9.17, 15) is 28.8 Å². The van der Waals surface area contributed by atoms with Crippen LogP contribution in [0, 0.1) is 13.8 Å². The van der Waals surface area contributed by atoms with Crippen LogP contribution in [0.2, 0.25) is 0 Å². The number of hydrogen-bond donors (Lipinski definition) is 2. The van der Waals surface area contributed by atoms with E-state index >= 15 is 0 Å². The highest BCUT2D eigenvalue weighted by atomic mass is 16.2. The van der Waals surface area contributed by atoms with E-state index in [1.165, 1.54) is 9.13 Å². The van der Waals surface area contributed by atoms with Crippen LogP contribution in [0.5, 0.6) is 0 Å². The number of hydrogen-bond acceptors (Lipinski definition) is 8. The molecular weight excluding hydrogens is 588 g/mol. The summed E-state index contributed by atoms with van der Waals surface area (Å²) in [5.74, 6) is -0.559. The molecule has 2 aliphatic rings. The van der Waals surface area contributed by atoms with E-state index in [0.29, 0.717) is 59.1 Å². The Morgan fingerprint density at radius 3 is 1.35 bits per heavy atom. The molecule has 2 saturated heterocycles. The Morgan fingerprint density at radius 2 is 1.02 bits per heavy atom. The quantitative estimate of drug-likeness (QED) is 0.327. The van der Waals surface area contributed by atoms with E-state index in [1.54, 1.807) is 39.8 Å². The van der Waals surface area contributed by atoms with Gasteiger partial charge in [-0.15, -0.1) is 0 Å². The Balaban J connectivity index is 0.000000181. The van der Waals surface area contributed by atoms with Gasteiger partial charge in [-0.2, -0.15) is 0 Å². The van der Waals surface area contributed by atoms with Crippen LogP contribution in [0.4, 0.5) is 0 Å². The lowest BCUT2D eigenvalue weighted by Gasteiger charge is -2.34. The zero-order valence-corrected chi connectivity index (χ0v) is 26.9. The third-order valence-electron chi connectivity index (χ3n) is 9.21. The SMILES string of the molecule is CCc1cccc2nc(C)n([C@@]3(C)CCC(=O)NC3=O)c(=O)c12.CCc1cccc2nc(C)n([C@]3(C)CCC(=O)NC3=O)c(=O)c12. The summed E-state index contributed by atoms with van der Waals surface area (Å²) in [6.07, 6.45) is 2.42. The Labute approximate surface area is 265 Å². The lowest BCUT2D eigenvalue weighted by atomic mass is 9.90. The number of imide groups is 2. The van der Waals surface area contributed by atoms with Crippen molar-refractivity contribution in [2.75, 3.05) is 0 Å². The van der Waals surface area contributed by atoms with E-state index in [1.807, 2.05) is 38.1 Å².